The number of benzene rings is 1. The van der Waals surface area contributed by atoms with Gasteiger partial charge in [0.1, 0.15) is 0 Å². The predicted molar refractivity (Wildman–Crippen MR) is 74.9 cm³/mol. The number of hydrogen-bond donors (Lipinski definition) is 1. The maximum Gasteiger partial charge on any atom is 0.159 e. The average molecular weight is 262 g/mol. The normalized spacial score (nSPS) is 16.8. The molecule has 1 aliphatic rings. The molecule has 0 aliphatic heterocycles. The molecule has 0 bridgehead atoms. The van der Waals surface area contributed by atoms with Crippen molar-refractivity contribution in [2.24, 2.45) is 11.8 Å². The highest BCUT2D eigenvalue weighted by molar-refractivity contribution is 6.34. The largest absolute Gasteiger partial charge is 0.368 e. The van der Waals surface area contributed by atoms with E-state index in [1.807, 2.05) is 24.3 Å². The first-order chi connectivity index (χ1) is 8.75. The fraction of sp³-hybridized carbons (Fsp3) is 0.429. The molecule has 0 radical (unpaired) electrons. The van der Waals surface area contributed by atoms with Crippen LogP contribution in [0.5, 0.6) is 0 Å². The summed E-state index contributed by atoms with van der Waals surface area (Å²) in [5, 5.41) is 14.0. The van der Waals surface area contributed by atoms with Crippen LogP contribution in [-0.4, -0.2) is 16.7 Å². The molecular formula is C14H16ClN3. The summed E-state index contributed by atoms with van der Waals surface area (Å²) in [6.45, 7) is 3.24. The van der Waals surface area contributed by atoms with Gasteiger partial charge >= 0.3 is 0 Å². The van der Waals surface area contributed by atoms with Crippen molar-refractivity contribution in [2.75, 3.05) is 11.9 Å². The minimum Gasteiger partial charge on any atom is -0.368 e. The molecule has 0 spiro atoms. The summed E-state index contributed by atoms with van der Waals surface area (Å²) >= 11 is 6.05. The molecule has 2 aromatic rings. The van der Waals surface area contributed by atoms with Crippen molar-refractivity contribution >= 4 is 28.2 Å². The zero-order chi connectivity index (χ0) is 12.5. The van der Waals surface area contributed by atoms with Gasteiger partial charge in [0.25, 0.3) is 0 Å². The first-order valence-corrected chi connectivity index (χ1v) is 6.78. The van der Waals surface area contributed by atoms with E-state index in [1.165, 1.54) is 12.8 Å². The summed E-state index contributed by atoms with van der Waals surface area (Å²) in [5.74, 6) is 2.42. The molecular weight excluding hydrogens is 246 g/mol. The molecule has 1 unspecified atom stereocenters. The smallest absolute Gasteiger partial charge is 0.159 e. The lowest BCUT2D eigenvalue weighted by Gasteiger charge is -2.13. The van der Waals surface area contributed by atoms with Crippen molar-refractivity contribution in [1.82, 2.24) is 10.2 Å². The molecule has 0 amide bonds. The summed E-state index contributed by atoms with van der Waals surface area (Å²) < 4.78 is 0. The number of rotatable bonds is 4. The predicted octanol–water partition coefficient (Wildman–Crippen LogP) is 3.74. The van der Waals surface area contributed by atoms with Crippen LogP contribution < -0.4 is 5.32 Å². The molecule has 0 saturated heterocycles. The third-order valence-electron chi connectivity index (χ3n) is 3.66. The lowest BCUT2D eigenvalue weighted by atomic mass is 10.1. The first-order valence-electron chi connectivity index (χ1n) is 6.40. The Kier molecular flexibility index (Phi) is 3.08. The molecule has 1 N–H and O–H groups in total. The van der Waals surface area contributed by atoms with Gasteiger partial charge < -0.3 is 5.32 Å². The Morgan fingerprint density at radius 1 is 1.28 bits per heavy atom. The van der Waals surface area contributed by atoms with Crippen molar-refractivity contribution in [3.63, 3.8) is 0 Å². The van der Waals surface area contributed by atoms with Crippen molar-refractivity contribution in [3.05, 3.63) is 29.4 Å². The zero-order valence-electron chi connectivity index (χ0n) is 10.4. The van der Waals surface area contributed by atoms with E-state index < -0.39 is 0 Å². The summed E-state index contributed by atoms with van der Waals surface area (Å²) in [4.78, 5) is 0. The van der Waals surface area contributed by atoms with Crippen LogP contribution in [0, 0.1) is 11.8 Å². The van der Waals surface area contributed by atoms with Crippen LogP contribution in [0.1, 0.15) is 19.8 Å². The van der Waals surface area contributed by atoms with Gasteiger partial charge in [0.05, 0.1) is 0 Å². The summed E-state index contributed by atoms with van der Waals surface area (Å²) in [6, 6.07) is 7.96. The van der Waals surface area contributed by atoms with Gasteiger partial charge in [-0.25, -0.2) is 0 Å². The average Bonchev–Trinajstić information content (AvgIpc) is 3.22. The van der Waals surface area contributed by atoms with Gasteiger partial charge in [-0.1, -0.05) is 42.8 Å². The van der Waals surface area contributed by atoms with E-state index in [1.54, 1.807) is 0 Å². The van der Waals surface area contributed by atoms with E-state index in [0.717, 1.165) is 29.1 Å². The summed E-state index contributed by atoms with van der Waals surface area (Å²) in [6.07, 6.45) is 2.74. The van der Waals surface area contributed by atoms with Crippen LogP contribution in [0.3, 0.4) is 0 Å². The minimum atomic E-state index is 0.464. The fourth-order valence-corrected chi connectivity index (χ4v) is 2.49. The Morgan fingerprint density at radius 2 is 2.00 bits per heavy atom. The van der Waals surface area contributed by atoms with Crippen LogP contribution in [0.15, 0.2) is 24.3 Å². The third-order valence-corrected chi connectivity index (χ3v) is 3.94. The van der Waals surface area contributed by atoms with Crippen molar-refractivity contribution in [2.45, 2.75) is 19.8 Å². The number of aromatic nitrogens is 2. The number of nitrogens with one attached hydrogen (secondary N) is 1. The standard InChI is InChI=1S/C14H16ClN3/c1-9(10-6-7-10)8-16-14-12-5-3-2-4-11(12)13(15)17-18-14/h2-5,9-10H,6-8H2,1H3,(H,16,18). The topological polar surface area (TPSA) is 37.8 Å². The van der Waals surface area contributed by atoms with Gasteiger partial charge in [0.2, 0.25) is 0 Å². The molecule has 3 nitrogen and oxygen atoms in total. The van der Waals surface area contributed by atoms with Gasteiger partial charge in [-0.2, -0.15) is 0 Å². The molecule has 1 aromatic carbocycles. The molecule has 3 rings (SSSR count). The summed E-state index contributed by atoms with van der Waals surface area (Å²) in [7, 11) is 0. The van der Waals surface area contributed by atoms with E-state index in [-0.39, 0.29) is 0 Å². The van der Waals surface area contributed by atoms with Crippen molar-refractivity contribution in [3.8, 4) is 0 Å². The van der Waals surface area contributed by atoms with E-state index in [9.17, 15) is 0 Å². The van der Waals surface area contributed by atoms with Gasteiger partial charge in [0.15, 0.2) is 11.0 Å². The molecule has 1 heterocycles. The van der Waals surface area contributed by atoms with Crippen LogP contribution in [-0.2, 0) is 0 Å². The van der Waals surface area contributed by atoms with Crippen molar-refractivity contribution in [1.29, 1.82) is 0 Å². The van der Waals surface area contributed by atoms with Crippen molar-refractivity contribution < 1.29 is 0 Å². The van der Waals surface area contributed by atoms with E-state index >= 15 is 0 Å². The highest BCUT2D eigenvalue weighted by Gasteiger charge is 2.27. The number of hydrogen-bond acceptors (Lipinski definition) is 3. The van der Waals surface area contributed by atoms with Gasteiger partial charge in [0, 0.05) is 17.3 Å². The number of nitrogens with zero attached hydrogens (tertiary/aromatic N) is 2. The Labute approximate surface area is 112 Å². The minimum absolute atomic E-state index is 0.464. The number of fused-ring (bicyclic) bond motifs is 1. The Hall–Kier alpha value is -1.35. The third kappa shape index (κ3) is 2.27. The maximum atomic E-state index is 6.05. The molecule has 1 saturated carbocycles. The molecule has 1 atom stereocenters. The lowest BCUT2D eigenvalue weighted by molar-refractivity contribution is 0.536. The van der Waals surface area contributed by atoms with E-state index in [0.29, 0.717) is 11.1 Å². The highest BCUT2D eigenvalue weighted by atomic mass is 35.5. The van der Waals surface area contributed by atoms with Crippen LogP contribution >= 0.6 is 11.6 Å². The van der Waals surface area contributed by atoms with E-state index in [4.69, 9.17) is 11.6 Å². The molecule has 1 fully saturated rings. The second-order valence-corrected chi connectivity index (χ2v) is 5.44. The van der Waals surface area contributed by atoms with Gasteiger partial charge in [-0.15, -0.1) is 10.2 Å². The molecule has 4 heteroatoms. The number of halogens is 1. The molecule has 94 valence electrons. The lowest BCUT2D eigenvalue weighted by Crippen LogP contribution is -2.14. The monoisotopic (exact) mass is 261 g/mol. The molecule has 1 aliphatic carbocycles. The quantitative estimate of drug-likeness (QED) is 0.911. The first kappa shape index (κ1) is 11.7. The summed E-state index contributed by atoms with van der Waals surface area (Å²) in [5.41, 5.74) is 0. The Balaban J connectivity index is 1.85. The molecule has 1 aromatic heterocycles. The highest BCUT2D eigenvalue weighted by Crippen LogP contribution is 2.36. The Morgan fingerprint density at radius 3 is 2.72 bits per heavy atom. The second kappa shape index (κ2) is 4.73. The second-order valence-electron chi connectivity index (χ2n) is 5.08. The zero-order valence-corrected chi connectivity index (χ0v) is 11.1. The van der Waals surface area contributed by atoms with Crippen LogP contribution in [0.4, 0.5) is 5.82 Å². The number of anilines is 1. The van der Waals surface area contributed by atoms with Crippen LogP contribution in [0.2, 0.25) is 5.15 Å². The van der Waals surface area contributed by atoms with Crippen LogP contribution in [0.25, 0.3) is 10.8 Å². The fourth-order valence-electron chi connectivity index (χ4n) is 2.29. The molecule has 18 heavy (non-hydrogen) atoms. The van der Waals surface area contributed by atoms with Gasteiger partial charge in [-0.05, 0) is 24.7 Å². The van der Waals surface area contributed by atoms with E-state index in [2.05, 4.69) is 22.4 Å². The SMILES string of the molecule is CC(CNc1nnc(Cl)c2ccccc12)C1CC1. The van der Waals surface area contributed by atoms with Gasteiger partial charge in [-0.3, -0.25) is 0 Å². The maximum absolute atomic E-state index is 6.05. The Bertz CT molecular complexity index is 566.